The van der Waals surface area contributed by atoms with Gasteiger partial charge < -0.3 is 25.4 Å². The van der Waals surface area contributed by atoms with Crippen molar-refractivity contribution >= 4 is 29.3 Å². The highest BCUT2D eigenvalue weighted by Crippen LogP contribution is 2.34. The number of nitrogens with one attached hydrogen (secondary N) is 2. The van der Waals surface area contributed by atoms with Crippen molar-refractivity contribution in [1.82, 2.24) is 9.88 Å². The molecule has 0 spiro atoms. The Morgan fingerprint density at radius 3 is 2.50 bits per heavy atom. The van der Waals surface area contributed by atoms with Crippen LogP contribution in [0.15, 0.2) is 53.3 Å². The van der Waals surface area contributed by atoms with Crippen molar-refractivity contribution in [2.45, 2.75) is 51.6 Å². The second-order valence-corrected chi connectivity index (χ2v) is 9.24. The van der Waals surface area contributed by atoms with Crippen molar-refractivity contribution in [1.29, 1.82) is 0 Å². The number of amides is 2. The van der Waals surface area contributed by atoms with Crippen LogP contribution in [0, 0.1) is 0 Å². The molecule has 1 aromatic heterocycles. The van der Waals surface area contributed by atoms with E-state index in [1.807, 2.05) is 31.2 Å². The van der Waals surface area contributed by atoms with E-state index in [9.17, 15) is 24.6 Å². The molecule has 0 unspecified atom stereocenters. The minimum absolute atomic E-state index is 0.197. The summed E-state index contributed by atoms with van der Waals surface area (Å²) in [7, 11) is 0. The fourth-order valence-electron chi connectivity index (χ4n) is 4.59. The third kappa shape index (κ3) is 5.39. The molecule has 0 fully saturated rings. The minimum atomic E-state index is -1.08. The molecule has 2 amide bonds. The predicted octanol–water partition coefficient (Wildman–Crippen LogP) is 4.64. The number of fused-ring (bicyclic) bond motifs is 1. The predicted molar refractivity (Wildman–Crippen MR) is 138 cm³/mol. The number of halogens is 1. The molecule has 3 aromatic rings. The highest BCUT2D eigenvalue weighted by Gasteiger charge is 2.27. The molecule has 4 N–H and O–H groups in total. The summed E-state index contributed by atoms with van der Waals surface area (Å²) in [6.45, 7) is 2.21. The van der Waals surface area contributed by atoms with Crippen molar-refractivity contribution < 1.29 is 19.8 Å². The van der Waals surface area contributed by atoms with Crippen LogP contribution in [0.1, 0.15) is 53.8 Å². The maximum Gasteiger partial charge on any atom is 0.319 e. The van der Waals surface area contributed by atoms with Crippen LogP contribution < -0.4 is 16.2 Å². The number of anilines is 1. The fraction of sp³-hybridized carbons (Fsp3) is 0.296. The molecule has 0 saturated heterocycles. The quantitative estimate of drug-likeness (QED) is 0.352. The molecule has 0 radical (unpaired) electrons. The molecule has 4 rings (SSSR count). The topological polar surface area (TPSA) is 121 Å². The van der Waals surface area contributed by atoms with Gasteiger partial charge in [0.15, 0.2) is 5.69 Å². The molecule has 2 aromatic carbocycles. The van der Waals surface area contributed by atoms with Crippen LogP contribution in [0.25, 0.3) is 0 Å². The maximum atomic E-state index is 13.4. The number of benzene rings is 2. The van der Waals surface area contributed by atoms with E-state index in [0.29, 0.717) is 29.0 Å². The lowest BCUT2D eigenvalue weighted by atomic mass is 10.0. The van der Waals surface area contributed by atoms with Gasteiger partial charge in [-0.25, -0.2) is 4.79 Å². The number of hydrogen-bond donors (Lipinski definition) is 4. The van der Waals surface area contributed by atoms with Crippen LogP contribution in [-0.2, 0) is 30.6 Å². The summed E-state index contributed by atoms with van der Waals surface area (Å²) in [4.78, 5) is 37.8. The summed E-state index contributed by atoms with van der Waals surface area (Å²) in [5.74, 6) is -1.33. The van der Waals surface area contributed by atoms with E-state index >= 15 is 0 Å². The first-order valence-electron chi connectivity index (χ1n) is 11.9. The number of aliphatic carboxylic acids is 1. The molecule has 8 nitrogen and oxygen atoms in total. The highest BCUT2D eigenvalue weighted by atomic mass is 35.5. The number of aryl methyl sites for hydroxylation is 1. The highest BCUT2D eigenvalue weighted by molar-refractivity contribution is 6.31. The number of hydrogen-bond acceptors (Lipinski definition) is 4. The largest absolute Gasteiger partial charge is 0.505 e. The second-order valence-electron chi connectivity index (χ2n) is 8.83. The molecule has 0 saturated carbocycles. The average Bonchev–Trinajstić information content (AvgIpc) is 3.35. The maximum absolute atomic E-state index is 13.4. The molecule has 1 aliphatic carbocycles. The Balaban J connectivity index is 1.63. The first-order valence-corrected chi connectivity index (χ1v) is 12.2. The van der Waals surface area contributed by atoms with Gasteiger partial charge in [-0.15, -0.1) is 0 Å². The summed E-state index contributed by atoms with van der Waals surface area (Å²) < 4.78 is 1.54. The normalized spacial score (nSPS) is 13.2. The minimum Gasteiger partial charge on any atom is -0.505 e. The van der Waals surface area contributed by atoms with Crippen LogP contribution in [-0.4, -0.2) is 26.8 Å². The number of carbonyl (C=O) groups excluding carboxylic acids is 1. The van der Waals surface area contributed by atoms with Crippen molar-refractivity contribution in [3.8, 4) is 5.75 Å². The zero-order valence-electron chi connectivity index (χ0n) is 19.9. The number of carboxylic acids is 1. The number of aromatic hydroxyl groups is 1. The van der Waals surface area contributed by atoms with Crippen molar-refractivity contribution in [3.05, 3.63) is 91.9 Å². The number of pyridine rings is 1. The number of aromatic nitrogens is 1. The summed E-state index contributed by atoms with van der Waals surface area (Å²) in [6.07, 6.45) is 2.46. The van der Waals surface area contributed by atoms with Gasteiger partial charge in [0.2, 0.25) is 0 Å². The smallest absolute Gasteiger partial charge is 0.319 e. The Morgan fingerprint density at radius 1 is 1.11 bits per heavy atom. The number of urea groups is 1. The van der Waals surface area contributed by atoms with Gasteiger partial charge in [0.25, 0.3) is 5.56 Å². The number of carbonyl (C=O) groups is 2. The Morgan fingerprint density at radius 2 is 1.83 bits per heavy atom. The lowest BCUT2D eigenvalue weighted by Gasteiger charge is -2.20. The summed E-state index contributed by atoms with van der Waals surface area (Å²) >= 11 is 6.32. The summed E-state index contributed by atoms with van der Waals surface area (Å²) in [6, 6.07) is 12.9. The van der Waals surface area contributed by atoms with Gasteiger partial charge in [-0.05, 0) is 48.4 Å². The zero-order chi connectivity index (χ0) is 25.8. The molecule has 0 bridgehead atoms. The molecule has 0 aliphatic heterocycles. The fourth-order valence-corrected chi connectivity index (χ4v) is 4.78. The number of carboxylic acid groups (broad SMARTS) is 1. The van der Waals surface area contributed by atoms with E-state index in [1.165, 1.54) is 4.57 Å². The SMILES string of the molecule is CCc1ccc([C@H](CC(=O)O)NC(=O)Nc2c(O)c3c(n(Cc4ccccc4Cl)c2=O)CCC3)cc1. The van der Waals surface area contributed by atoms with E-state index in [1.54, 1.807) is 24.3 Å². The van der Waals surface area contributed by atoms with Gasteiger partial charge in [-0.1, -0.05) is 61.0 Å². The Kier molecular flexibility index (Phi) is 7.64. The van der Waals surface area contributed by atoms with Gasteiger partial charge in [0, 0.05) is 16.3 Å². The number of rotatable bonds is 8. The van der Waals surface area contributed by atoms with E-state index in [4.69, 9.17) is 11.6 Å². The summed E-state index contributed by atoms with van der Waals surface area (Å²) in [5, 5.41) is 25.9. The Labute approximate surface area is 213 Å². The third-order valence-corrected chi connectivity index (χ3v) is 6.86. The van der Waals surface area contributed by atoms with Crippen molar-refractivity contribution in [2.75, 3.05) is 5.32 Å². The van der Waals surface area contributed by atoms with E-state index in [2.05, 4.69) is 10.6 Å². The van der Waals surface area contributed by atoms with Gasteiger partial charge in [-0.2, -0.15) is 0 Å². The zero-order valence-corrected chi connectivity index (χ0v) is 20.6. The van der Waals surface area contributed by atoms with Crippen molar-refractivity contribution in [3.63, 3.8) is 0 Å². The molecule has 188 valence electrons. The van der Waals surface area contributed by atoms with Crippen LogP contribution in [0.4, 0.5) is 10.5 Å². The molecular weight excluding hydrogens is 482 g/mol. The van der Waals surface area contributed by atoms with E-state index in [0.717, 1.165) is 29.7 Å². The van der Waals surface area contributed by atoms with Crippen LogP contribution in [0.5, 0.6) is 5.75 Å². The van der Waals surface area contributed by atoms with Crippen LogP contribution in [0.3, 0.4) is 0 Å². The first kappa shape index (κ1) is 25.3. The Hall–Kier alpha value is -3.78. The van der Waals surface area contributed by atoms with Gasteiger partial charge in [0.1, 0.15) is 5.75 Å². The molecule has 1 atom stereocenters. The number of nitrogens with zero attached hydrogens (tertiary/aromatic N) is 1. The molecule has 1 heterocycles. The van der Waals surface area contributed by atoms with Crippen LogP contribution >= 0.6 is 11.6 Å². The van der Waals surface area contributed by atoms with Gasteiger partial charge in [0.05, 0.1) is 19.0 Å². The Bertz CT molecular complexity index is 1350. The molecule has 36 heavy (non-hydrogen) atoms. The lowest BCUT2D eigenvalue weighted by molar-refractivity contribution is -0.137. The lowest BCUT2D eigenvalue weighted by Crippen LogP contribution is -2.37. The van der Waals surface area contributed by atoms with E-state index < -0.39 is 23.6 Å². The molecular formula is C27H28ClN3O5. The monoisotopic (exact) mass is 509 g/mol. The third-order valence-electron chi connectivity index (χ3n) is 6.50. The van der Waals surface area contributed by atoms with Crippen molar-refractivity contribution in [2.24, 2.45) is 0 Å². The first-order chi connectivity index (χ1) is 17.3. The molecule has 1 aliphatic rings. The van der Waals surface area contributed by atoms with Gasteiger partial charge >= 0.3 is 12.0 Å². The van der Waals surface area contributed by atoms with Crippen LogP contribution in [0.2, 0.25) is 5.02 Å². The second kappa shape index (κ2) is 10.9. The van der Waals surface area contributed by atoms with Gasteiger partial charge in [-0.3, -0.25) is 9.59 Å². The molecule has 9 heteroatoms. The standard InChI is InChI=1S/C27H28ClN3O5/c1-2-16-10-12-17(13-11-16)21(14-23(32)33)29-27(36)30-24-25(34)19-7-5-9-22(19)31(26(24)35)15-18-6-3-4-8-20(18)28/h3-4,6,8,10-13,21,34H,2,5,7,9,14-15H2,1H3,(H,32,33)(H2,29,30,36)/t21-/m0/s1. The van der Waals surface area contributed by atoms with E-state index in [-0.39, 0.29) is 24.4 Å². The average molecular weight is 510 g/mol. The summed E-state index contributed by atoms with van der Waals surface area (Å²) in [5.41, 5.74) is 3.00.